The Morgan fingerprint density at radius 3 is 2.52 bits per heavy atom. The zero-order valence-corrected chi connectivity index (χ0v) is 16.8. The number of hydrogen-bond acceptors (Lipinski definition) is 7. The van der Waals surface area contributed by atoms with E-state index in [2.05, 4.69) is 15.5 Å². The van der Waals surface area contributed by atoms with Crippen LogP contribution in [0.15, 0.2) is 89.0 Å². The number of rotatable bonds is 8. The molecule has 0 radical (unpaired) electrons. The van der Waals surface area contributed by atoms with Crippen LogP contribution in [0, 0.1) is 10.1 Å². The van der Waals surface area contributed by atoms with E-state index in [4.69, 9.17) is 0 Å². The molecule has 0 bridgehead atoms. The molecule has 10 nitrogen and oxygen atoms in total. The molecule has 2 aromatic carbocycles. The van der Waals surface area contributed by atoms with E-state index in [0.717, 1.165) is 10.4 Å². The van der Waals surface area contributed by atoms with Gasteiger partial charge in [0.05, 0.1) is 27.4 Å². The number of hydrazone groups is 1. The molecule has 0 aliphatic carbocycles. The highest BCUT2D eigenvalue weighted by Gasteiger charge is 2.28. The van der Waals surface area contributed by atoms with Gasteiger partial charge in [-0.1, -0.05) is 30.3 Å². The molecule has 0 spiro atoms. The number of carbonyl (C=O) groups excluding carboxylic acids is 1. The van der Waals surface area contributed by atoms with Gasteiger partial charge in [-0.15, -0.1) is 0 Å². The van der Waals surface area contributed by atoms with Crippen LogP contribution in [0.3, 0.4) is 0 Å². The van der Waals surface area contributed by atoms with Gasteiger partial charge in [0, 0.05) is 18.3 Å². The van der Waals surface area contributed by atoms with Crippen LogP contribution >= 0.6 is 0 Å². The predicted octanol–water partition coefficient (Wildman–Crippen LogP) is 2.34. The molecule has 1 amide bonds. The van der Waals surface area contributed by atoms with E-state index in [1.807, 2.05) is 0 Å². The van der Waals surface area contributed by atoms with Crippen molar-refractivity contribution in [1.82, 2.24) is 10.4 Å². The first kappa shape index (κ1) is 21.6. The van der Waals surface area contributed by atoms with Gasteiger partial charge in [-0.2, -0.15) is 5.10 Å². The van der Waals surface area contributed by atoms with Crippen LogP contribution in [0.5, 0.6) is 0 Å². The third kappa shape index (κ3) is 5.48. The molecule has 0 fully saturated rings. The number of nitro groups is 1. The Balaban J connectivity index is 1.89. The summed E-state index contributed by atoms with van der Waals surface area (Å²) in [5.41, 5.74) is 2.41. The topological polar surface area (TPSA) is 135 Å². The van der Waals surface area contributed by atoms with Crippen LogP contribution in [0.1, 0.15) is 5.69 Å². The average molecular weight is 439 g/mol. The SMILES string of the molecule is O=C(CN(c1cccc([N+](=O)[O-])c1)S(=O)(=O)c1ccccc1)N/N=C/c1ccccn1. The van der Waals surface area contributed by atoms with Crippen molar-refractivity contribution in [2.45, 2.75) is 4.90 Å². The molecule has 0 atom stereocenters. The fourth-order valence-corrected chi connectivity index (χ4v) is 4.02. The highest BCUT2D eigenvalue weighted by molar-refractivity contribution is 7.92. The molecule has 3 rings (SSSR count). The Hall–Kier alpha value is -4.12. The number of hydrogen-bond donors (Lipinski definition) is 1. The van der Waals surface area contributed by atoms with E-state index < -0.39 is 27.4 Å². The van der Waals surface area contributed by atoms with Gasteiger partial charge in [-0.3, -0.25) is 24.2 Å². The van der Waals surface area contributed by atoms with Crippen molar-refractivity contribution in [1.29, 1.82) is 0 Å². The van der Waals surface area contributed by atoms with Crippen molar-refractivity contribution in [3.8, 4) is 0 Å². The fourth-order valence-electron chi connectivity index (χ4n) is 2.58. The lowest BCUT2D eigenvalue weighted by atomic mass is 10.3. The van der Waals surface area contributed by atoms with Crippen molar-refractivity contribution in [2.24, 2.45) is 5.10 Å². The lowest BCUT2D eigenvalue weighted by Gasteiger charge is -2.23. The maximum atomic E-state index is 13.2. The number of aromatic nitrogens is 1. The number of non-ortho nitro benzene ring substituents is 1. The summed E-state index contributed by atoms with van der Waals surface area (Å²) in [7, 11) is -4.18. The molecule has 0 aliphatic rings. The number of carbonyl (C=O) groups is 1. The van der Waals surface area contributed by atoms with E-state index in [9.17, 15) is 23.3 Å². The minimum absolute atomic E-state index is 0.0260. The number of nitrogens with zero attached hydrogens (tertiary/aromatic N) is 4. The van der Waals surface area contributed by atoms with Crippen LogP contribution < -0.4 is 9.73 Å². The summed E-state index contributed by atoms with van der Waals surface area (Å²) in [6.45, 7) is -0.641. The zero-order valence-electron chi connectivity index (χ0n) is 16.0. The van der Waals surface area contributed by atoms with E-state index in [0.29, 0.717) is 5.69 Å². The average Bonchev–Trinajstić information content (AvgIpc) is 2.79. The first-order chi connectivity index (χ1) is 14.9. The van der Waals surface area contributed by atoms with Crippen LogP contribution in [0.4, 0.5) is 11.4 Å². The van der Waals surface area contributed by atoms with Crippen LogP contribution in [-0.4, -0.2) is 37.0 Å². The van der Waals surface area contributed by atoms with Crippen LogP contribution in [0.25, 0.3) is 0 Å². The second kappa shape index (κ2) is 9.59. The maximum Gasteiger partial charge on any atom is 0.271 e. The van der Waals surface area contributed by atoms with Gasteiger partial charge >= 0.3 is 0 Å². The number of nitrogens with one attached hydrogen (secondary N) is 1. The van der Waals surface area contributed by atoms with E-state index in [1.54, 1.807) is 30.5 Å². The third-order valence-corrected chi connectivity index (χ3v) is 5.81. The summed E-state index contributed by atoms with van der Waals surface area (Å²) >= 11 is 0. The molecular formula is C20H17N5O5S. The number of amides is 1. The molecule has 1 N–H and O–H groups in total. The van der Waals surface area contributed by atoms with Gasteiger partial charge in [0.1, 0.15) is 6.54 Å². The number of anilines is 1. The summed E-state index contributed by atoms with van der Waals surface area (Å²) in [4.78, 5) is 26.9. The summed E-state index contributed by atoms with van der Waals surface area (Å²) in [5.74, 6) is -0.738. The quantitative estimate of drug-likeness (QED) is 0.325. The van der Waals surface area contributed by atoms with Crippen molar-refractivity contribution >= 4 is 33.5 Å². The summed E-state index contributed by atoms with van der Waals surface area (Å²) < 4.78 is 27.1. The number of nitro benzene ring substituents is 1. The maximum absolute atomic E-state index is 13.2. The van der Waals surface area contributed by atoms with Crippen LogP contribution in [-0.2, 0) is 14.8 Å². The van der Waals surface area contributed by atoms with Crippen molar-refractivity contribution in [2.75, 3.05) is 10.8 Å². The smallest absolute Gasteiger partial charge is 0.271 e. The van der Waals surface area contributed by atoms with E-state index in [-0.39, 0.29) is 16.3 Å². The predicted molar refractivity (Wildman–Crippen MR) is 114 cm³/mol. The normalized spacial score (nSPS) is 11.2. The monoisotopic (exact) mass is 439 g/mol. The highest BCUT2D eigenvalue weighted by atomic mass is 32.2. The van der Waals surface area contributed by atoms with Gasteiger partial charge in [0.25, 0.3) is 21.6 Å². The molecule has 0 unspecified atom stereocenters. The molecule has 1 aromatic heterocycles. The molecular weight excluding hydrogens is 422 g/mol. The number of benzene rings is 2. The molecule has 0 saturated carbocycles. The van der Waals surface area contributed by atoms with Gasteiger partial charge in [0.15, 0.2) is 0 Å². The second-order valence-corrected chi connectivity index (χ2v) is 8.01. The molecule has 0 saturated heterocycles. The van der Waals surface area contributed by atoms with Gasteiger partial charge in [-0.05, 0) is 30.3 Å². The van der Waals surface area contributed by atoms with E-state index in [1.165, 1.54) is 48.7 Å². The standard InChI is InChI=1S/C20H17N5O5S/c26-20(23-22-14-16-7-4-5-12-21-16)15-24(17-8-6-9-18(13-17)25(27)28)31(29,30)19-10-2-1-3-11-19/h1-14H,15H2,(H,23,26)/b22-14+. The summed E-state index contributed by atoms with van der Waals surface area (Å²) in [6, 6.07) is 17.6. The van der Waals surface area contributed by atoms with Crippen molar-refractivity contribution < 1.29 is 18.1 Å². The summed E-state index contributed by atoms with van der Waals surface area (Å²) in [6.07, 6.45) is 2.86. The molecule has 158 valence electrons. The first-order valence-electron chi connectivity index (χ1n) is 8.93. The Kier molecular flexibility index (Phi) is 6.67. The molecule has 11 heteroatoms. The minimum Gasteiger partial charge on any atom is -0.271 e. The van der Waals surface area contributed by atoms with Gasteiger partial charge in [-0.25, -0.2) is 13.8 Å². The van der Waals surface area contributed by atoms with E-state index >= 15 is 0 Å². The van der Waals surface area contributed by atoms with Crippen molar-refractivity contribution in [3.63, 3.8) is 0 Å². The Morgan fingerprint density at radius 1 is 1.10 bits per heavy atom. The lowest BCUT2D eigenvalue weighted by molar-refractivity contribution is -0.384. The minimum atomic E-state index is -4.18. The highest BCUT2D eigenvalue weighted by Crippen LogP contribution is 2.26. The zero-order chi connectivity index (χ0) is 22.3. The molecule has 0 aliphatic heterocycles. The van der Waals surface area contributed by atoms with Gasteiger partial charge in [0.2, 0.25) is 0 Å². The number of pyridine rings is 1. The van der Waals surface area contributed by atoms with Crippen LogP contribution in [0.2, 0.25) is 0 Å². The fraction of sp³-hybridized carbons (Fsp3) is 0.0500. The number of sulfonamides is 1. The molecule has 3 aromatic rings. The summed E-state index contributed by atoms with van der Waals surface area (Å²) in [5, 5.41) is 14.9. The molecule has 1 heterocycles. The van der Waals surface area contributed by atoms with Crippen molar-refractivity contribution in [3.05, 3.63) is 94.8 Å². The second-order valence-electron chi connectivity index (χ2n) is 6.15. The Labute approximate surface area is 178 Å². The van der Waals surface area contributed by atoms with Gasteiger partial charge < -0.3 is 0 Å². The first-order valence-corrected chi connectivity index (χ1v) is 10.4. The largest absolute Gasteiger partial charge is 0.271 e. The molecule has 31 heavy (non-hydrogen) atoms. The Bertz CT molecular complexity index is 1200. The lowest BCUT2D eigenvalue weighted by Crippen LogP contribution is -2.39. The third-order valence-electron chi connectivity index (χ3n) is 4.02. The Morgan fingerprint density at radius 2 is 1.84 bits per heavy atom.